The number of anilines is 1. The fourth-order valence-electron chi connectivity index (χ4n) is 7.03. The van der Waals surface area contributed by atoms with E-state index in [2.05, 4.69) is 17.2 Å². The molecule has 9 atom stereocenters. The van der Waals surface area contributed by atoms with Gasteiger partial charge in [-0.15, -0.1) is 6.58 Å². The van der Waals surface area contributed by atoms with E-state index in [1.807, 2.05) is 0 Å². The van der Waals surface area contributed by atoms with E-state index in [1.165, 1.54) is 46.3 Å². The van der Waals surface area contributed by atoms with E-state index in [9.17, 15) is 34.2 Å². The van der Waals surface area contributed by atoms with E-state index < -0.39 is 83.1 Å². The second-order valence-electron chi connectivity index (χ2n) is 14.1. The molecule has 1 amide bonds. The van der Waals surface area contributed by atoms with Gasteiger partial charge in [-0.1, -0.05) is 52.0 Å². The van der Waals surface area contributed by atoms with E-state index >= 15 is 0 Å². The van der Waals surface area contributed by atoms with Crippen molar-refractivity contribution in [2.45, 2.75) is 85.6 Å². The number of aliphatic hydroxyl groups is 2. The fraction of sp³-hybridized carbons (Fsp3) is 0.475. The molecule has 3 aliphatic heterocycles. The molecule has 0 saturated carbocycles. The Bertz CT molecular complexity index is 1810. The van der Waals surface area contributed by atoms with Crippen LogP contribution >= 0.6 is 0 Å². The first-order valence-corrected chi connectivity index (χ1v) is 17.6. The number of amides is 1. The average Bonchev–Trinajstić information content (AvgIpc) is 3.38. The molecule has 1 aromatic carbocycles. The minimum atomic E-state index is -1.97. The molecule has 53 heavy (non-hydrogen) atoms. The van der Waals surface area contributed by atoms with Crippen molar-refractivity contribution in [1.29, 1.82) is 0 Å². The Morgan fingerprint density at radius 3 is 2.32 bits per heavy atom. The zero-order valence-electron chi connectivity index (χ0n) is 31.6. The van der Waals surface area contributed by atoms with Crippen molar-refractivity contribution >= 4 is 34.9 Å². The van der Waals surface area contributed by atoms with E-state index in [1.54, 1.807) is 52.8 Å². The summed E-state index contributed by atoms with van der Waals surface area (Å²) >= 11 is 0. The number of ketones is 3. The Hall–Kier alpha value is -4.85. The fourth-order valence-corrected chi connectivity index (χ4v) is 7.03. The SMILES string of the molecule is C=CCNc1c(C)c2c3c4c1C(=O)C(=CC4=O)NC(=O)/C(C)=C\C=C\[C@H](C)[C@H](O)[C@@H](C)[C@@H](O)[C@@H](C)[C@H](OC(C)=O)[C@H](C)[C@@H](OC)/C=C/O[C@@](C)(O2)C3=O. The highest BCUT2D eigenvalue weighted by Gasteiger charge is 2.51. The molecule has 13 nitrogen and oxygen atoms in total. The van der Waals surface area contributed by atoms with Gasteiger partial charge in [0.25, 0.3) is 11.7 Å². The van der Waals surface area contributed by atoms with Gasteiger partial charge in [0, 0.05) is 68.4 Å². The maximum atomic E-state index is 14.1. The first-order chi connectivity index (χ1) is 24.9. The van der Waals surface area contributed by atoms with E-state index in [4.69, 9.17) is 18.9 Å². The largest absolute Gasteiger partial charge is 0.462 e. The molecule has 1 aromatic rings. The van der Waals surface area contributed by atoms with Gasteiger partial charge in [0.15, 0.2) is 5.78 Å². The normalized spacial score (nSPS) is 33.0. The number of hydrogen-bond donors (Lipinski definition) is 4. The number of allylic oxidation sites excluding steroid dienone is 4. The van der Waals surface area contributed by atoms with Crippen molar-refractivity contribution in [3.05, 3.63) is 82.8 Å². The molecule has 0 fully saturated rings. The lowest BCUT2D eigenvalue weighted by Gasteiger charge is -2.38. The van der Waals surface area contributed by atoms with Crippen LogP contribution < -0.4 is 15.4 Å². The van der Waals surface area contributed by atoms with Gasteiger partial charge >= 0.3 is 11.8 Å². The standard InChI is InChI=1S/C40H50N2O11/c1-11-16-41-32-22(5)37-31-29-27(44)18-26(35(47)30(29)32)42-39(49)20(3)14-12-13-19(2)33(45)23(6)34(46)24(7)36(52-25(8)43)21(4)28(50-10)15-17-51-40(9,53-37)38(31)48/h11-15,17-19,21,23-24,28,33-34,36,41,45-46H,1,16H2,2-10H3,(H,42,49)/b13-12+,17-15+,20-14-/t19-,21+,23+,24+,28-,33-,34+,36+,40-/m0/s1. The molecule has 0 aromatic heterocycles. The van der Waals surface area contributed by atoms with Crippen LogP contribution in [-0.2, 0) is 23.8 Å². The first-order valence-electron chi connectivity index (χ1n) is 17.6. The zero-order chi connectivity index (χ0) is 39.5. The number of methoxy groups -OCH3 is 1. The Labute approximate surface area is 309 Å². The predicted octanol–water partition coefficient (Wildman–Crippen LogP) is 4.52. The molecule has 286 valence electrons. The van der Waals surface area contributed by atoms with Gasteiger partial charge in [-0.05, 0) is 19.9 Å². The quantitative estimate of drug-likeness (QED) is 0.245. The Morgan fingerprint density at radius 2 is 1.70 bits per heavy atom. The van der Waals surface area contributed by atoms with Crippen molar-refractivity contribution in [1.82, 2.24) is 5.32 Å². The third kappa shape index (κ3) is 8.07. The number of ether oxygens (including phenoxy) is 4. The number of carbonyl (C=O) groups is 5. The zero-order valence-corrected chi connectivity index (χ0v) is 31.6. The maximum absolute atomic E-state index is 14.1. The van der Waals surface area contributed by atoms with Crippen LogP contribution in [0.4, 0.5) is 5.69 Å². The van der Waals surface area contributed by atoms with Crippen LogP contribution in [0.5, 0.6) is 5.75 Å². The van der Waals surface area contributed by atoms with Crippen LogP contribution in [0.3, 0.4) is 0 Å². The highest BCUT2D eigenvalue weighted by atomic mass is 16.7. The molecule has 3 heterocycles. The topological polar surface area (TPSA) is 187 Å². The van der Waals surface area contributed by atoms with Gasteiger partial charge in [-0.2, -0.15) is 0 Å². The van der Waals surface area contributed by atoms with Gasteiger partial charge in [0.05, 0.1) is 52.6 Å². The van der Waals surface area contributed by atoms with Crippen LogP contribution in [0.1, 0.15) is 85.1 Å². The van der Waals surface area contributed by atoms with Crippen LogP contribution in [0.2, 0.25) is 0 Å². The molecule has 13 heteroatoms. The summed E-state index contributed by atoms with van der Waals surface area (Å²) in [5.74, 6) is -7.65. The lowest BCUT2D eigenvalue weighted by atomic mass is 9.78. The van der Waals surface area contributed by atoms with Crippen LogP contribution in [0, 0.1) is 30.6 Å². The summed E-state index contributed by atoms with van der Waals surface area (Å²) < 4.78 is 23.5. The smallest absolute Gasteiger partial charge is 0.312 e. The summed E-state index contributed by atoms with van der Waals surface area (Å²) in [4.78, 5) is 67.5. The van der Waals surface area contributed by atoms with Gasteiger partial charge in [-0.3, -0.25) is 24.0 Å². The van der Waals surface area contributed by atoms with Crippen molar-refractivity contribution in [3.63, 3.8) is 0 Å². The predicted molar refractivity (Wildman–Crippen MR) is 196 cm³/mol. The lowest BCUT2D eigenvalue weighted by molar-refractivity contribution is -0.160. The van der Waals surface area contributed by atoms with Gasteiger partial charge < -0.3 is 39.8 Å². The molecule has 4 N–H and O–H groups in total. The van der Waals surface area contributed by atoms with E-state index in [-0.39, 0.29) is 45.9 Å². The van der Waals surface area contributed by atoms with E-state index in [0.717, 1.165) is 6.08 Å². The van der Waals surface area contributed by atoms with Crippen LogP contribution in [-0.4, -0.2) is 83.3 Å². The summed E-state index contributed by atoms with van der Waals surface area (Å²) in [6.45, 7) is 16.6. The highest BCUT2D eigenvalue weighted by Crippen LogP contribution is 2.47. The minimum absolute atomic E-state index is 0.0502. The molecule has 0 spiro atoms. The number of nitrogens with one attached hydrogen (secondary N) is 2. The number of Topliss-reactive ketones (excluding diaryl/α,β-unsaturated/α-hetero) is 2. The molecule has 5 bridgehead atoms. The van der Waals surface area contributed by atoms with Crippen molar-refractivity contribution in [2.24, 2.45) is 23.7 Å². The highest BCUT2D eigenvalue weighted by molar-refractivity contribution is 6.31. The number of carbonyl (C=O) groups excluding carboxylic acids is 5. The van der Waals surface area contributed by atoms with Crippen molar-refractivity contribution < 1.29 is 53.1 Å². The van der Waals surface area contributed by atoms with Crippen molar-refractivity contribution in [2.75, 3.05) is 19.0 Å². The molecular weight excluding hydrogens is 684 g/mol. The monoisotopic (exact) mass is 734 g/mol. The number of rotatable bonds is 5. The molecule has 1 aliphatic carbocycles. The number of aliphatic hydroxyl groups excluding tert-OH is 2. The third-order valence-corrected chi connectivity index (χ3v) is 10.3. The molecule has 0 radical (unpaired) electrons. The number of fused-ring (bicyclic) bond motifs is 14. The lowest BCUT2D eigenvalue weighted by Crippen LogP contribution is -2.46. The van der Waals surface area contributed by atoms with E-state index in [0.29, 0.717) is 5.56 Å². The number of benzene rings is 1. The minimum Gasteiger partial charge on any atom is -0.462 e. The third-order valence-electron chi connectivity index (χ3n) is 10.3. The van der Waals surface area contributed by atoms with Crippen molar-refractivity contribution in [3.8, 4) is 5.75 Å². The average molecular weight is 735 g/mol. The second kappa shape index (κ2) is 16.4. The number of hydrogen-bond acceptors (Lipinski definition) is 12. The Balaban J connectivity index is 1.87. The van der Waals surface area contributed by atoms with Gasteiger partial charge in [0.1, 0.15) is 11.9 Å². The Kier molecular flexibility index (Phi) is 12.7. The summed E-state index contributed by atoms with van der Waals surface area (Å²) in [7, 11) is 1.44. The number of esters is 1. The summed E-state index contributed by atoms with van der Waals surface area (Å²) in [6.07, 6.45) is 6.21. The summed E-state index contributed by atoms with van der Waals surface area (Å²) in [6, 6.07) is 0. The molecule has 4 aliphatic rings. The molecule has 0 saturated heterocycles. The van der Waals surface area contributed by atoms with Crippen LogP contribution in [0.25, 0.3) is 0 Å². The molecule has 5 rings (SSSR count). The maximum Gasteiger partial charge on any atom is 0.312 e. The summed E-state index contributed by atoms with van der Waals surface area (Å²) in [5, 5.41) is 28.3. The first kappa shape index (κ1) is 40.9. The summed E-state index contributed by atoms with van der Waals surface area (Å²) in [5.41, 5.74) is 0.0827. The van der Waals surface area contributed by atoms with Gasteiger partial charge in [0.2, 0.25) is 5.78 Å². The van der Waals surface area contributed by atoms with Crippen LogP contribution in [0.15, 0.2) is 60.6 Å². The second-order valence-corrected chi connectivity index (χ2v) is 14.1. The van der Waals surface area contributed by atoms with Gasteiger partial charge in [-0.25, -0.2) is 0 Å². The Morgan fingerprint density at radius 1 is 1.02 bits per heavy atom. The molecule has 0 unspecified atom stereocenters. The molecular formula is C40H50N2O11.